The van der Waals surface area contributed by atoms with E-state index in [0.29, 0.717) is 17.4 Å². The third-order valence-electron chi connectivity index (χ3n) is 4.13. The summed E-state index contributed by atoms with van der Waals surface area (Å²) in [6, 6.07) is 1.62. The van der Waals surface area contributed by atoms with Crippen LogP contribution in [0.15, 0.2) is 15.4 Å². The van der Waals surface area contributed by atoms with Crippen molar-refractivity contribution >= 4 is 21.6 Å². The van der Waals surface area contributed by atoms with Crippen LogP contribution in [-0.4, -0.2) is 25.8 Å². The lowest BCUT2D eigenvalue weighted by molar-refractivity contribution is 0.239. The van der Waals surface area contributed by atoms with E-state index in [1.807, 2.05) is 0 Å². The van der Waals surface area contributed by atoms with Crippen molar-refractivity contribution in [3.05, 3.63) is 17.6 Å². The molecule has 114 valence electrons. The molecule has 0 saturated heterocycles. The molecule has 0 N–H and O–H groups in total. The van der Waals surface area contributed by atoms with Crippen molar-refractivity contribution < 1.29 is 12.8 Å². The fourth-order valence-electron chi connectivity index (χ4n) is 2.93. The number of halogens is 1. The molecule has 1 aromatic heterocycles. The Labute approximate surface area is 126 Å². The van der Waals surface area contributed by atoms with Gasteiger partial charge in [0.15, 0.2) is 0 Å². The molecule has 0 radical (unpaired) electrons. The quantitative estimate of drug-likeness (QED) is 0.798. The lowest BCUT2D eigenvalue weighted by atomic mass is 9.87. The molecule has 0 aliphatic heterocycles. The summed E-state index contributed by atoms with van der Waals surface area (Å²) < 4.78 is 32.3. The Hall–Kier alpha value is -0.520. The number of alkyl halides is 1. The average Bonchev–Trinajstić information content (AvgIpc) is 2.80. The van der Waals surface area contributed by atoms with Crippen LogP contribution in [0.1, 0.15) is 44.1 Å². The van der Waals surface area contributed by atoms with Gasteiger partial charge in [-0.15, -0.1) is 11.6 Å². The number of rotatable bonds is 4. The summed E-state index contributed by atoms with van der Waals surface area (Å²) in [5.74, 6) is 1.67. The lowest BCUT2D eigenvalue weighted by Crippen LogP contribution is -2.39. The highest BCUT2D eigenvalue weighted by molar-refractivity contribution is 7.89. The summed E-state index contributed by atoms with van der Waals surface area (Å²) in [7, 11) is -1.83. The van der Waals surface area contributed by atoms with E-state index in [1.54, 1.807) is 20.0 Å². The Morgan fingerprint density at radius 2 is 2.15 bits per heavy atom. The normalized spacial score (nSPS) is 24.2. The molecule has 1 aromatic rings. The van der Waals surface area contributed by atoms with Crippen molar-refractivity contribution in [2.45, 2.75) is 56.3 Å². The molecule has 0 aromatic carbocycles. The minimum Gasteiger partial charge on any atom is -0.464 e. The summed E-state index contributed by atoms with van der Waals surface area (Å²) in [5, 5.41) is 0. The van der Waals surface area contributed by atoms with Crippen LogP contribution in [0.3, 0.4) is 0 Å². The molecule has 1 saturated carbocycles. The van der Waals surface area contributed by atoms with Crippen molar-refractivity contribution in [2.24, 2.45) is 5.92 Å². The topological polar surface area (TPSA) is 50.5 Å². The average molecular weight is 320 g/mol. The first-order valence-electron chi connectivity index (χ1n) is 6.99. The molecule has 1 heterocycles. The number of hydrogen-bond acceptors (Lipinski definition) is 3. The van der Waals surface area contributed by atoms with Gasteiger partial charge in [0.2, 0.25) is 10.0 Å². The number of hydrogen-bond donors (Lipinski definition) is 0. The zero-order valence-corrected chi connectivity index (χ0v) is 13.8. The van der Waals surface area contributed by atoms with E-state index >= 15 is 0 Å². The Balaban J connectivity index is 2.26. The number of furan rings is 1. The molecule has 1 fully saturated rings. The molecular weight excluding hydrogens is 298 g/mol. The molecule has 4 nitrogen and oxygen atoms in total. The monoisotopic (exact) mass is 319 g/mol. The van der Waals surface area contributed by atoms with Gasteiger partial charge in [-0.25, -0.2) is 8.42 Å². The largest absolute Gasteiger partial charge is 0.464 e. The van der Waals surface area contributed by atoms with Gasteiger partial charge in [0, 0.05) is 19.2 Å². The smallest absolute Gasteiger partial charge is 0.246 e. The first kappa shape index (κ1) is 15.9. The summed E-state index contributed by atoms with van der Waals surface area (Å²) >= 11 is 5.71. The maximum Gasteiger partial charge on any atom is 0.246 e. The van der Waals surface area contributed by atoms with Gasteiger partial charge in [0.1, 0.15) is 16.4 Å². The van der Waals surface area contributed by atoms with Gasteiger partial charge in [-0.1, -0.05) is 19.8 Å². The van der Waals surface area contributed by atoms with Crippen LogP contribution >= 0.6 is 11.6 Å². The van der Waals surface area contributed by atoms with E-state index in [9.17, 15) is 8.42 Å². The molecule has 0 amide bonds. The second kappa shape index (κ2) is 6.08. The van der Waals surface area contributed by atoms with Gasteiger partial charge in [-0.05, 0) is 25.7 Å². The van der Waals surface area contributed by atoms with Crippen molar-refractivity contribution in [3.63, 3.8) is 0 Å². The van der Waals surface area contributed by atoms with E-state index in [4.69, 9.17) is 16.0 Å². The van der Waals surface area contributed by atoms with Crippen LogP contribution in [0.5, 0.6) is 0 Å². The van der Waals surface area contributed by atoms with Crippen LogP contribution in [0.4, 0.5) is 0 Å². The van der Waals surface area contributed by atoms with Crippen LogP contribution in [0.25, 0.3) is 0 Å². The highest BCUT2D eigenvalue weighted by Crippen LogP contribution is 2.31. The standard InChI is InChI=1S/C14H22ClNO3S/c1-10-5-4-6-12(7-10)16(3)20(17,18)14-8-13(9-15)19-11(14)2/h8,10,12H,4-7,9H2,1-3H3. The summed E-state index contributed by atoms with van der Waals surface area (Å²) in [5.41, 5.74) is 0. The van der Waals surface area contributed by atoms with E-state index in [0.717, 1.165) is 19.3 Å². The summed E-state index contributed by atoms with van der Waals surface area (Å²) in [6.07, 6.45) is 4.13. The van der Waals surface area contributed by atoms with Crippen LogP contribution in [-0.2, 0) is 15.9 Å². The molecule has 20 heavy (non-hydrogen) atoms. The zero-order valence-electron chi connectivity index (χ0n) is 12.2. The van der Waals surface area contributed by atoms with Crippen LogP contribution < -0.4 is 0 Å². The predicted octanol–water partition coefficient (Wildman–Crippen LogP) is 3.53. The maximum atomic E-state index is 12.7. The number of aryl methyl sites for hydroxylation is 1. The van der Waals surface area contributed by atoms with Crippen molar-refractivity contribution in [1.29, 1.82) is 0 Å². The van der Waals surface area contributed by atoms with Gasteiger partial charge >= 0.3 is 0 Å². The molecule has 6 heteroatoms. The minimum atomic E-state index is -3.50. The summed E-state index contributed by atoms with van der Waals surface area (Å²) in [6.45, 7) is 3.85. The molecule has 2 rings (SSSR count). The maximum absolute atomic E-state index is 12.7. The molecular formula is C14H22ClNO3S. The van der Waals surface area contributed by atoms with Crippen LogP contribution in [0.2, 0.25) is 0 Å². The van der Waals surface area contributed by atoms with Crippen molar-refractivity contribution in [2.75, 3.05) is 7.05 Å². The molecule has 1 aliphatic carbocycles. The Bertz CT molecular complexity index is 567. The number of sulfonamides is 1. The van der Waals surface area contributed by atoms with Gasteiger partial charge in [0.05, 0.1) is 5.88 Å². The Morgan fingerprint density at radius 1 is 1.45 bits per heavy atom. The molecule has 2 unspecified atom stereocenters. The van der Waals surface area contributed by atoms with Gasteiger partial charge in [0.25, 0.3) is 0 Å². The first-order valence-corrected chi connectivity index (χ1v) is 8.97. The highest BCUT2D eigenvalue weighted by atomic mass is 35.5. The fourth-order valence-corrected chi connectivity index (χ4v) is 4.64. The van der Waals surface area contributed by atoms with E-state index in [1.165, 1.54) is 10.7 Å². The third kappa shape index (κ3) is 3.05. The van der Waals surface area contributed by atoms with Crippen molar-refractivity contribution in [3.8, 4) is 0 Å². The third-order valence-corrected chi connectivity index (χ3v) is 6.42. The van der Waals surface area contributed by atoms with Gasteiger partial charge in [-0.2, -0.15) is 4.31 Å². The fraction of sp³-hybridized carbons (Fsp3) is 0.714. The number of nitrogens with zero attached hydrogens (tertiary/aromatic N) is 1. The summed E-state index contributed by atoms with van der Waals surface area (Å²) in [4.78, 5) is 0.244. The SMILES string of the molecule is Cc1oc(CCl)cc1S(=O)(=O)N(C)C1CCCC(C)C1. The lowest BCUT2D eigenvalue weighted by Gasteiger charge is -2.33. The van der Waals surface area contributed by atoms with Gasteiger partial charge < -0.3 is 4.42 Å². The molecule has 0 spiro atoms. The Kier molecular flexibility index (Phi) is 4.82. The van der Waals surface area contributed by atoms with Crippen LogP contribution in [0, 0.1) is 12.8 Å². The van der Waals surface area contributed by atoms with Gasteiger partial charge in [-0.3, -0.25) is 0 Å². The zero-order chi connectivity index (χ0) is 14.9. The second-order valence-electron chi connectivity index (χ2n) is 5.71. The van der Waals surface area contributed by atoms with Crippen molar-refractivity contribution in [1.82, 2.24) is 4.31 Å². The molecule has 1 aliphatic rings. The first-order chi connectivity index (χ1) is 9.36. The molecule has 0 bridgehead atoms. The highest BCUT2D eigenvalue weighted by Gasteiger charge is 2.33. The van der Waals surface area contributed by atoms with E-state index < -0.39 is 10.0 Å². The van der Waals surface area contributed by atoms with E-state index in [-0.39, 0.29) is 16.8 Å². The second-order valence-corrected chi connectivity index (χ2v) is 7.95. The Morgan fingerprint density at radius 3 is 2.70 bits per heavy atom. The minimum absolute atomic E-state index is 0.0810. The van der Waals surface area contributed by atoms with E-state index in [2.05, 4.69) is 6.92 Å². The molecule has 2 atom stereocenters. The predicted molar refractivity (Wildman–Crippen MR) is 79.4 cm³/mol.